The highest BCUT2D eigenvalue weighted by Crippen LogP contribution is 2.23. The molecule has 0 spiro atoms. The Hall–Kier alpha value is -3.45. The van der Waals surface area contributed by atoms with Crippen LogP contribution in [0.25, 0.3) is 0 Å². The minimum atomic E-state index is -0.149. The third kappa shape index (κ3) is 5.38. The van der Waals surface area contributed by atoms with E-state index in [1.54, 1.807) is 24.3 Å². The molecule has 0 radical (unpaired) electrons. The maximum absolute atomic E-state index is 11.8. The molecule has 0 bridgehead atoms. The Kier molecular flexibility index (Phi) is 7.20. The number of aromatic nitrogens is 2. The minimum absolute atomic E-state index is 0.149. The van der Waals surface area contributed by atoms with Crippen molar-refractivity contribution < 1.29 is 9.59 Å². The van der Waals surface area contributed by atoms with Crippen molar-refractivity contribution in [1.82, 2.24) is 14.9 Å². The number of rotatable bonds is 5. The molecule has 2 heterocycles. The van der Waals surface area contributed by atoms with Gasteiger partial charge in [-0.1, -0.05) is 43.2 Å². The summed E-state index contributed by atoms with van der Waals surface area (Å²) in [6.45, 7) is 4.60. The zero-order valence-electron chi connectivity index (χ0n) is 17.4. The van der Waals surface area contributed by atoms with Crippen molar-refractivity contribution in [1.29, 1.82) is 0 Å². The van der Waals surface area contributed by atoms with E-state index in [4.69, 9.17) is 17.3 Å². The van der Waals surface area contributed by atoms with Gasteiger partial charge in [0.1, 0.15) is 0 Å². The molecule has 160 valence electrons. The normalized spacial score (nSPS) is 12.3. The Labute approximate surface area is 186 Å². The summed E-state index contributed by atoms with van der Waals surface area (Å²) in [6, 6.07) is 14.9. The zero-order valence-corrected chi connectivity index (χ0v) is 18.2. The number of nitrogens with two attached hydrogens (primary N) is 1. The number of benzene rings is 2. The number of aryl methyl sites for hydroxylation is 1. The summed E-state index contributed by atoms with van der Waals surface area (Å²) in [5, 5.41) is 3.25. The van der Waals surface area contributed by atoms with Crippen LogP contribution in [-0.4, -0.2) is 33.2 Å². The first-order chi connectivity index (χ1) is 14.9. The van der Waals surface area contributed by atoms with E-state index in [0.29, 0.717) is 29.2 Å². The van der Waals surface area contributed by atoms with Crippen LogP contribution >= 0.6 is 11.6 Å². The average molecular weight is 438 g/mol. The summed E-state index contributed by atoms with van der Waals surface area (Å²) in [6.07, 6.45) is 3.32. The van der Waals surface area contributed by atoms with Gasteiger partial charge in [-0.3, -0.25) is 14.5 Å². The van der Waals surface area contributed by atoms with E-state index in [9.17, 15) is 9.59 Å². The van der Waals surface area contributed by atoms with Gasteiger partial charge in [-0.25, -0.2) is 4.98 Å². The number of carbonyl (C=O) groups excluding carboxylic acids is 2. The predicted octanol–water partition coefficient (Wildman–Crippen LogP) is 4.85. The molecular formula is C23H24ClN5O2. The fraction of sp³-hybridized carbons (Fsp3) is 0.217. The SMILES string of the molecule is CCCCN1C(=O)c2ccccc2C1=O.Cc1ccc(Nc2nc(Cl)ncc2N)cc1. The molecule has 0 unspecified atom stereocenters. The van der Waals surface area contributed by atoms with E-state index >= 15 is 0 Å². The fourth-order valence-electron chi connectivity index (χ4n) is 3.00. The van der Waals surface area contributed by atoms with Crippen LogP contribution in [0.2, 0.25) is 5.28 Å². The molecule has 7 nitrogen and oxygen atoms in total. The van der Waals surface area contributed by atoms with Gasteiger partial charge in [0.15, 0.2) is 5.82 Å². The number of nitrogens with zero attached hydrogens (tertiary/aromatic N) is 3. The number of carbonyl (C=O) groups is 2. The summed E-state index contributed by atoms with van der Waals surface area (Å²) in [5.74, 6) is 0.219. The van der Waals surface area contributed by atoms with Crippen molar-refractivity contribution in [2.24, 2.45) is 0 Å². The number of anilines is 3. The number of hydrogen-bond acceptors (Lipinski definition) is 6. The molecule has 0 atom stereocenters. The molecule has 1 aromatic heterocycles. The molecule has 8 heteroatoms. The molecule has 3 N–H and O–H groups in total. The number of halogens is 1. The lowest BCUT2D eigenvalue weighted by Gasteiger charge is -2.12. The van der Waals surface area contributed by atoms with Gasteiger partial charge in [0.2, 0.25) is 5.28 Å². The van der Waals surface area contributed by atoms with E-state index in [0.717, 1.165) is 18.5 Å². The number of nitrogen functional groups attached to an aromatic ring is 1. The quantitative estimate of drug-likeness (QED) is 0.437. The van der Waals surface area contributed by atoms with Crippen molar-refractivity contribution in [2.75, 3.05) is 17.6 Å². The summed E-state index contributed by atoms with van der Waals surface area (Å²) >= 11 is 5.69. The van der Waals surface area contributed by atoms with Crippen LogP contribution in [-0.2, 0) is 0 Å². The van der Waals surface area contributed by atoms with Crippen LogP contribution in [0.5, 0.6) is 0 Å². The van der Waals surface area contributed by atoms with E-state index in [2.05, 4.69) is 15.3 Å². The highest BCUT2D eigenvalue weighted by molar-refractivity contribution is 6.28. The number of amides is 2. The molecule has 0 fully saturated rings. The second-order valence-corrected chi connectivity index (χ2v) is 7.43. The molecule has 1 aliphatic heterocycles. The largest absolute Gasteiger partial charge is 0.394 e. The molecule has 31 heavy (non-hydrogen) atoms. The highest BCUT2D eigenvalue weighted by Gasteiger charge is 2.34. The monoisotopic (exact) mass is 437 g/mol. The smallest absolute Gasteiger partial charge is 0.261 e. The number of nitrogens with one attached hydrogen (secondary N) is 1. The Balaban J connectivity index is 0.000000176. The number of imide groups is 1. The van der Waals surface area contributed by atoms with Gasteiger partial charge in [0, 0.05) is 12.2 Å². The van der Waals surface area contributed by atoms with Gasteiger partial charge in [-0.2, -0.15) is 4.98 Å². The van der Waals surface area contributed by atoms with E-state index in [1.165, 1.54) is 16.7 Å². The van der Waals surface area contributed by atoms with Crippen LogP contribution < -0.4 is 11.1 Å². The van der Waals surface area contributed by atoms with Crippen molar-refractivity contribution in [3.8, 4) is 0 Å². The molecule has 2 aromatic carbocycles. The first kappa shape index (κ1) is 22.2. The molecule has 2 amide bonds. The molecule has 3 aromatic rings. The standard InChI is InChI=1S/C12H13NO2.C11H11ClN4/c1-2-3-8-13-11(14)9-6-4-5-7-10(9)12(13)15;1-7-2-4-8(5-3-7)15-10-9(13)6-14-11(12)16-10/h4-7H,2-3,8H2,1H3;2-6H,13H2,1H3,(H,14,15,16). The number of fused-ring (bicyclic) bond motifs is 1. The maximum Gasteiger partial charge on any atom is 0.261 e. The average Bonchev–Trinajstić information content (AvgIpc) is 3.01. The molecule has 0 saturated carbocycles. The van der Waals surface area contributed by atoms with Crippen molar-refractivity contribution >= 4 is 40.6 Å². The Morgan fingerprint density at radius 2 is 1.65 bits per heavy atom. The molecular weight excluding hydrogens is 414 g/mol. The minimum Gasteiger partial charge on any atom is -0.394 e. The molecule has 4 rings (SSSR count). The van der Waals surface area contributed by atoms with Gasteiger partial charge in [-0.15, -0.1) is 0 Å². The van der Waals surface area contributed by atoms with Crippen molar-refractivity contribution in [3.05, 3.63) is 76.7 Å². The summed E-state index contributed by atoms with van der Waals surface area (Å²) in [4.78, 5) is 32.8. The second-order valence-electron chi connectivity index (χ2n) is 7.10. The Morgan fingerprint density at radius 1 is 1.03 bits per heavy atom. The number of unbranched alkanes of at least 4 members (excludes halogenated alkanes) is 1. The van der Waals surface area contributed by atoms with Crippen LogP contribution in [0.4, 0.5) is 17.2 Å². The third-order valence-corrected chi connectivity index (χ3v) is 4.90. The van der Waals surface area contributed by atoms with Gasteiger partial charge in [-0.05, 0) is 49.2 Å². The van der Waals surface area contributed by atoms with E-state index < -0.39 is 0 Å². The number of hydrogen-bond donors (Lipinski definition) is 2. The summed E-state index contributed by atoms with van der Waals surface area (Å²) in [5.41, 5.74) is 9.37. The lowest BCUT2D eigenvalue weighted by Crippen LogP contribution is -2.30. The van der Waals surface area contributed by atoms with Crippen LogP contribution in [0.1, 0.15) is 46.0 Å². The molecule has 1 aliphatic rings. The van der Waals surface area contributed by atoms with Gasteiger partial charge >= 0.3 is 0 Å². The second kappa shape index (κ2) is 10.0. The van der Waals surface area contributed by atoms with Crippen LogP contribution in [0.3, 0.4) is 0 Å². The van der Waals surface area contributed by atoms with Crippen molar-refractivity contribution in [3.63, 3.8) is 0 Å². The molecule has 0 aliphatic carbocycles. The van der Waals surface area contributed by atoms with E-state index in [-0.39, 0.29) is 17.1 Å². The lowest BCUT2D eigenvalue weighted by molar-refractivity contribution is 0.0652. The van der Waals surface area contributed by atoms with Crippen LogP contribution in [0, 0.1) is 6.92 Å². The van der Waals surface area contributed by atoms with E-state index in [1.807, 2.05) is 38.1 Å². The lowest BCUT2D eigenvalue weighted by atomic mass is 10.1. The Morgan fingerprint density at radius 3 is 2.23 bits per heavy atom. The Bertz CT molecular complexity index is 1050. The third-order valence-electron chi connectivity index (χ3n) is 4.72. The summed E-state index contributed by atoms with van der Waals surface area (Å²) in [7, 11) is 0. The maximum atomic E-state index is 11.8. The van der Waals surface area contributed by atoms with Gasteiger partial charge in [0.25, 0.3) is 11.8 Å². The highest BCUT2D eigenvalue weighted by atomic mass is 35.5. The fourth-order valence-corrected chi connectivity index (χ4v) is 3.14. The van der Waals surface area contributed by atoms with Crippen molar-refractivity contribution in [2.45, 2.75) is 26.7 Å². The topological polar surface area (TPSA) is 101 Å². The van der Waals surface area contributed by atoms with Gasteiger partial charge in [0.05, 0.1) is 23.0 Å². The predicted molar refractivity (Wildman–Crippen MR) is 123 cm³/mol. The zero-order chi connectivity index (χ0) is 22.4. The van der Waals surface area contributed by atoms with Gasteiger partial charge < -0.3 is 11.1 Å². The first-order valence-electron chi connectivity index (χ1n) is 9.97. The molecule has 0 saturated heterocycles. The summed E-state index contributed by atoms with van der Waals surface area (Å²) < 4.78 is 0. The van der Waals surface area contributed by atoms with Crippen LogP contribution in [0.15, 0.2) is 54.7 Å². The first-order valence-corrected chi connectivity index (χ1v) is 10.4.